The molecular formula is C25H22BrN3O2S. The molecule has 0 fully saturated rings. The van der Waals surface area contributed by atoms with E-state index < -0.39 is 0 Å². The second-order valence-corrected chi connectivity index (χ2v) is 9.50. The Morgan fingerprint density at radius 3 is 2.41 bits per heavy atom. The van der Waals surface area contributed by atoms with Gasteiger partial charge in [0.1, 0.15) is 0 Å². The molecule has 1 heterocycles. The molecule has 0 aliphatic carbocycles. The molecule has 3 aromatic carbocycles. The van der Waals surface area contributed by atoms with E-state index in [1.807, 2.05) is 66.7 Å². The van der Waals surface area contributed by atoms with Crippen molar-refractivity contribution in [2.45, 2.75) is 24.9 Å². The van der Waals surface area contributed by atoms with Crippen LogP contribution in [0.4, 0.5) is 5.69 Å². The Morgan fingerprint density at radius 2 is 1.72 bits per heavy atom. The van der Waals surface area contributed by atoms with Gasteiger partial charge in [-0.05, 0) is 60.0 Å². The van der Waals surface area contributed by atoms with Crippen LogP contribution in [0, 0.1) is 0 Å². The van der Waals surface area contributed by atoms with Crippen LogP contribution < -0.4 is 10.9 Å². The third-order valence-electron chi connectivity index (χ3n) is 5.02. The minimum atomic E-state index is -0.162. The van der Waals surface area contributed by atoms with E-state index in [1.165, 1.54) is 17.3 Å². The van der Waals surface area contributed by atoms with Crippen molar-refractivity contribution in [3.63, 3.8) is 0 Å². The Balaban J connectivity index is 1.60. The number of thioether (sulfide) groups is 1. The van der Waals surface area contributed by atoms with Crippen LogP contribution in [0.3, 0.4) is 0 Å². The highest BCUT2D eigenvalue weighted by molar-refractivity contribution is 9.10. The molecule has 0 spiro atoms. The minimum absolute atomic E-state index is 0.132. The fraction of sp³-hybridized carbons (Fsp3) is 0.160. The normalized spacial score (nSPS) is 11.1. The van der Waals surface area contributed by atoms with E-state index in [2.05, 4.69) is 40.1 Å². The maximum absolute atomic E-state index is 13.3. The van der Waals surface area contributed by atoms with Gasteiger partial charge >= 0.3 is 0 Å². The Kier molecular flexibility index (Phi) is 6.77. The number of nitrogens with one attached hydrogen (secondary N) is 1. The highest BCUT2D eigenvalue weighted by Gasteiger charge is 2.15. The molecule has 1 amide bonds. The van der Waals surface area contributed by atoms with Gasteiger partial charge in [-0.15, -0.1) is 0 Å². The standard InChI is InChI=1S/C25H22BrN3O2S/c1-16(2)17-7-11-19(12-8-17)27-23(30)15-32-25-28-22-6-4-3-5-21(22)24(31)29(25)20-13-9-18(26)10-14-20/h3-14,16H,15H2,1-2H3,(H,27,30). The lowest BCUT2D eigenvalue weighted by Gasteiger charge is -2.13. The number of benzene rings is 3. The first-order chi connectivity index (χ1) is 15.4. The monoisotopic (exact) mass is 507 g/mol. The topological polar surface area (TPSA) is 64.0 Å². The number of halogens is 1. The van der Waals surface area contributed by atoms with Crippen LogP contribution in [0.1, 0.15) is 25.3 Å². The molecule has 0 aliphatic rings. The summed E-state index contributed by atoms with van der Waals surface area (Å²) in [5, 5.41) is 3.93. The maximum atomic E-state index is 13.3. The summed E-state index contributed by atoms with van der Waals surface area (Å²) in [4.78, 5) is 30.5. The number of para-hydroxylation sites is 1. The third-order valence-corrected chi connectivity index (χ3v) is 6.49. The first kappa shape index (κ1) is 22.3. The first-order valence-corrected chi connectivity index (χ1v) is 12.0. The molecule has 32 heavy (non-hydrogen) atoms. The van der Waals surface area contributed by atoms with Crippen LogP contribution >= 0.6 is 27.7 Å². The molecule has 1 aromatic heterocycles. The van der Waals surface area contributed by atoms with Crippen molar-refractivity contribution < 1.29 is 4.79 Å². The number of anilines is 1. The predicted molar refractivity (Wildman–Crippen MR) is 135 cm³/mol. The average Bonchev–Trinajstić information content (AvgIpc) is 2.79. The Morgan fingerprint density at radius 1 is 1.03 bits per heavy atom. The van der Waals surface area contributed by atoms with Gasteiger partial charge in [0.15, 0.2) is 5.16 Å². The number of hydrogen-bond donors (Lipinski definition) is 1. The number of rotatable bonds is 6. The van der Waals surface area contributed by atoms with E-state index in [0.29, 0.717) is 27.7 Å². The zero-order valence-corrected chi connectivity index (χ0v) is 20.1. The Bertz CT molecular complexity index is 1320. The van der Waals surface area contributed by atoms with Crippen LogP contribution in [-0.2, 0) is 4.79 Å². The summed E-state index contributed by atoms with van der Waals surface area (Å²) in [6.45, 7) is 4.26. The van der Waals surface area contributed by atoms with Crippen molar-refractivity contribution in [1.82, 2.24) is 9.55 Å². The molecule has 0 aliphatic heterocycles. The van der Waals surface area contributed by atoms with Crippen LogP contribution in [0.5, 0.6) is 0 Å². The fourth-order valence-electron chi connectivity index (χ4n) is 3.31. The zero-order valence-electron chi connectivity index (χ0n) is 17.7. The molecule has 162 valence electrons. The van der Waals surface area contributed by atoms with Crippen LogP contribution in [0.15, 0.2) is 87.2 Å². The predicted octanol–water partition coefficient (Wildman–Crippen LogP) is 6.00. The van der Waals surface area contributed by atoms with Gasteiger partial charge in [0.05, 0.1) is 22.3 Å². The van der Waals surface area contributed by atoms with Crippen molar-refractivity contribution in [3.8, 4) is 5.69 Å². The molecule has 0 bridgehead atoms. The van der Waals surface area contributed by atoms with Gasteiger partial charge < -0.3 is 5.32 Å². The molecule has 0 radical (unpaired) electrons. The summed E-state index contributed by atoms with van der Waals surface area (Å²) < 4.78 is 2.48. The number of fused-ring (bicyclic) bond motifs is 1. The van der Waals surface area contributed by atoms with Gasteiger partial charge in [0, 0.05) is 10.2 Å². The number of carbonyl (C=O) groups is 1. The van der Waals surface area contributed by atoms with Gasteiger partial charge in [-0.25, -0.2) is 4.98 Å². The van der Waals surface area contributed by atoms with Gasteiger partial charge in [0.25, 0.3) is 5.56 Å². The highest BCUT2D eigenvalue weighted by Crippen LogP contribution is 2.23. The van der Waals surface area contributed by atoms with Gasteiger partial charge in [0.2, 0.25) is 5.91 Å². The van der Waals surface area contributed by atoms with Crippen molar-refractivity contribution in [2.24, 2.45) is 0 Å². The van der Waals surface area contributed by atoms with E-state index in [4.69, 9.17) is 0 Å². The molecule has 0 saturated carbocycles. The average molecular weight is 508 g/mol. The quantitative estimate of drug-likeness (QED) is 0.256. The maximum Gasteiger partial charge on any atom is 0.266 e. The molecule has 5 nitrogen and oxygen atoms in total. The SMILES string of the molecule is CC(C)c1ccc(NC(=O)CSc2nc3ccccc3c(=O)n2-c2ccc(Br)cc2)cc1. The molecule has 0 saturated heterocycles. The molecule has 7 heteroatoms. The van der Waals surface area contributed by atoms with E-state index in [9.17, 15) is 9.59 Å². The van der Waals surface area contributed by atoms with Crippen molar-refractivity contribution >= 4 is 50.2 Å². The van der Waals surface area contributed by atoms with E-state index in [-0.39, 0.29) is 17.2 Å². The van der Waals surface area contributed by atoms with Crippen LogP contribution in [0.2, 0.25) is 0 Å². The second-order valence-electron chi connectivity index (χ2n) is 7.64. The lowest BCUT2D eigenvalue weighted by atomic mass is 10.0. The number of hydrogen-bond acceptors (Lipinski definition) is 4. The summed E-state index contributed by atoms with van der Waals surface area (Å²) in [6, 6.07) is 22.5. The summed E-state index contributed by atoms with van der Waals surface area (Å²) in [6.07, 6.45) is 0. The van der Waals surface area contributed by atoms with E-state index in [1.54, 1.807) is 10.6 Å². The molecule has 4 aromatic rings. The van der Waals surface area contributed by atoms with Gasteiger partial charge in [-0.3, -0.25) is 14.2 Å². The number of carbonyl (C=O) groups excluding carboxylic acids is 1. The van der Waals surface area contributed by atoms with Crippen molar-refractivity contribution in [1.29, 1.82) is 0 Å². The molecule has 0 atom stereocenters. The summed E-state index contributed by atoms with van der Waals surface area (Å²) in [5.41, 5.74) is 3.11. The van der Waals surface area contributed by atoms with Crippen LogP contribution in [0.25, 0.3) is 16.6 Å². The number of aromatic nitrogens is 2. The zero-order chi connectivity index (χ0) is 22.7. The van der Waals surface area contributed by atoms with Crippen molar-refractivity contribution in [3.05, 3.63) is 93.2 Å². The Labute approximate surface area is 199 Å². The molecule has 1 N–H and O–H groups in total. The molecular weight excluding hydrogens is 486 g/mol. The molecule has 0 unspecified atom stereocenters. The smallest absolute Gasteiger partial charge is 0.266 e. The summed E-state index contributed by atoms with van der Waals surface area (Å²) in [5.74, 6) is 0.412. The summed E-state index contributed by atoms with van der Waals surface area (Å²) >= 11 is 4.67. The first-order valence-electron chi connectivity index (χ1n) is 10.2. The largest absolute Gasteiger partial charge is 0.325 e. The third kappa shape index (κ3) is 4.95. The van der Waals surface area contributed by atoms with E-state index >= 15 is 0 Å². The molecule has 4 rings (SSSR count). The second kappa shape index (κ2) is 9.71. The van der Waals surface area contributed by atoms with Gasteiger partial charge in [-0.2, -0.15) is 0 Å². The Hall–Kier alpha value is -2.90. The van der Waals surface area contributed by atoms with Crippen molar-refractivity contribution in [2.75, 3.05) is 11.1 Å². The van der Waals surface area contributed by atoms with E-state index in [0.717, 1.165) is 10.2 Å². The van der Waals surface area contributed by atoms with Crippen LogP contribution in [-0.4, -0.2) is 21.2 Å². The minimum Gasteiger partial charge on any atom is -0.325 e. The fourth-order valence-corrected chi connectivity index (χ4v) is 4.38. The lowest BCUT2D eigenvalue weighted by Crippen LogP contribution is -2.23. The number of amides is 1. The number of nitrogens with zero attached hydrogens (tertiary/aromatic N) is 2. The van der Waals surface area contributed by atoms with Gasteiger partial charge in [-0.1, -0.05) is 65.8 Å². The summed E-state index contributed by atoms with van der Waals surface area (Å²) in [7, 11) is 0. The highest BCUT2D eigenvalue weighted by atomic mass is 79.9. The lowest BCUT2D eigenvalue weighted by molar-refractivity contribution is -0.113.